The Labute approximate surface area is 899 Å². The number of anilines is 7. The van der Waals surface area contributed by atoms with Gasteiger partial charge in [0.25, 0.3) is 5.24 Å². The number of aromatic nitrogens is 4. The standard InChI is InChI=1S/C17H15BrFN3O3S.C17H17ClFNO4S.C14H11ClFNO2.C10H11ClFNO4S.C10H11ClFNO3S.C10H12FNO4S.C7H5BrN2.C6H5ClFN.7CH4/c1-2-6-26(24,25)22-14-5-3-4-11(15(14)19)16(23)13-9-21-17-12(13)7-10(18)8-20-17;1-2-10-25(22,23)20-14-9-8-13(18)15(16(14)19)17(21)24-11-12-6-4-3-5-7-12;15-10-6-7-11(17)13(16)12(10)14(18)19-8-9-4-2-1-3-5-9;1-2-5-18(16,17)13-7-4-3-6(11)8(9(7)12)10(14)15;1-2-6-17(15,16)13-8-5-3-4-7(9(8)12)10(11)14;1-2-6-17(15,16)12-8-5-3-4-7(9(8)11)10(13)14;8-6-3-5-1-2-9-7(5)10-4-6;7-4-1-2-6(9)5(8)3-4;;;;;;;/h3-5,7-9,22H,2,6H2,1H3,(H,20,21);3-9,20H,2,10-11H2,1H3;1-7H,8,17H2;3-4,13H,2,5H2,1H3,(H,14,15);3-5,13H,2,6H2,1H3;3-5,12H,2,6H2,1H3,(H,13,14);1-4H,(H,9,10);1-3H,9H2;7*1H4. The van der Waals surface area contributed by atoms with Crippen molar-refractivity contribution in [3.63, 3.8) is 0 Å². The Morgan fingerprint density at radius 3 is 1.13 bits per heavy atom. The van der Waals surface area contributed by atoms with Crippen molar-refractivity contribution in [2.75, 3.05) is 63.8 Å². The van der Waals surface area contributed by atoms with Crippen LogP contribution < -0.4 is 35.1 Å². The lowest BCUT2D eigenvalue weighted by molar-refractivity contribution is 0.0458. The number of pyridine rings is 2. The molecule has 0 aliphatic rings. The average Bonchev–Trinajstić information content (AvgIpc) is 1.43. The number of nitrogen functional groups attached to an aromatic ring is 2. The molecule has 4 heterocycles. The van der Waals surface area contributed by atoms with E-state index in [1.54, 1.807) is 95.5 Å². The van der Waals surface area contributed by atoms with Crippen molar-refractivity contribution in [1.29, 1.82) is 0 Å². The van der Waals surface area contributed by atoms with Gasteiger partial charge in [-0.1, -0.05) is 212 Å². The van der Waals surface area contributed by atoms with Gasteiger partial charge >= 0.3 is 23.9 Å². The molecule has 0 aliphatic carbocycles. The Morgan fingerprint density at radius 2 is 0.736 bits per heavy atom. The zero-order valence-electron chi connectivity index (χ0n) is 74.3. The number of aromatic carboxylic acids is 2. The molecule has 0 saturated heterocycles. The summed E-state index contributed by atoms with van der Waals surface area (Å²) in [5.41, 5.74) is 9.36. The van der Waals surface area contributed by atoms with E-state index in [0.29, 0.717) is 52.6 Å². The zero-order chi connectivity index (χ0) is 105. The topological polar surface area (TPSA) is 502 Å². The van der Waals surface area contributed by atoms with Gasteiger partial charge in [-0.05, 0) is 196 Å². The highest BCUT2D eigenvalue weighted by Gasteiger charge is 2.28. The van der Waals surface area contributed by atoms with Gasteiger partial charge in [0.1, 0.15) is 47.0 Å². The number of fused-ring (bicyclic) bond motifs is 2. The number of rotatable bonds is 31. The first-order chi connectivity index (χ1) is 66.3. The molecule has 31 nitrogen and oxygen atoms in total. The number of hydrogen-bond acceptors (Lipinski definition) is 22. The van der Waals surface area contributed by atoms with Crippen LogP contribution in [0.15, 0.2) is 222 Å². The number of benzene rings is 9. The maximum atomic E-state index is 14.8. The molecule has 0 aliphatic heterocycles. The lowest BCUT2D eigenvalue weighted by Gasteiger charge is -2.12. The summed E-state index contributed by atoms with van der Waals surface area (Å²) in [6, 6.07) is 46.4. The number of aromatic amines is 2. The third-order valence-corrected chi connectivity index (χ3v) is 27.4. The summed E-state index contributed by atoms with van der Waals surface area (Å²) >= 11 is 34.4. The fourth-order valence-corrected chi connectivity index (χ4v) is 18.8. The number of hydrogen-bond donors (Lipinski definition) is 11. The highest BCUT2D eigenvalue weighted by Crippen LogP contribution is 2.33. The summed E-state index contributed by atoms with van der Waals surface area (Å²) in [6.45, 7) is 8.39. The first-order valence-corrected chi connectivity index (χ1v) is 52.7. The fraction of sp³-hybridized carbons (Fsp3) is 0.245. The normalized spacial score (nSPS) is 10.5. The molecule has 810 valence electrons. The Bertz CT molecular complexity index is 7160. The predicted molar refractivity (Wildman–Crippen MR) is 586 cm³/mol. The van der Waals surface area contributed by atoms with Crippen molar-refractivity contribution in [1.82, 2.24) is 19.9 Å². The second-order valence-electron chi connectivity index (χ2n) is 28.8. The second kappa shape index (κ2) is 65.0. The smallest absolute Gasteiger partial charge is 0.343 e. The number of H-pyrrole nitrogens is 2. The third-order valence-electron chi connectivity index (χ3n) is 17.8. The summed E-state index contributed by atoms with van der Waals surface area (Å²) < 4.78 is 235. The van der Waals surface area contributed by atoms with Gasteiger partial charge in [0.05, 0.1) is 100 Å². The molecule has 0 amide bonds. The molecule has 0 unspecified atom stereocenters. The number of carbonyl (C=O) groups excluding carboxylic acids is 4. The van der Waals surface area contributed by atoms with E-state index in [1.807, 2.05) is 52.0 Å². The van der Waals surface area contributed by atoms with Crippen LogP contribution >= 0.6 is 89.9 Å². The van der Waals surface area contributed by atoms with Crippen molar-refractivity contribution in [3.05, 3.63) is 333 Å². The van der Waals surface area contributed by atoms with Crippen LogP contribution in [0.3, 0.4) is 0 Å². The quantitative estimate of drug-likeness (QED) is 0.00632. The Hall–Kier alpha value is -12.2. The molecule has 0 saturated carbocycles. The molecule has 13 N–H and O–H groups in total. The summed E-state index contributed by atoms with van der Waals surface area (Å²) in [7, 11) is -18.3. The SMILES string of the molecule is Brc1cnc2[nH]ccc2c1.C.C.C.C.C.C.C.CCCS(=O)(=O)Nc1ccc(Cl)c(C(=O)O)c1F.CCCS(=O)(=O)Nc1ccc(Cl)c(C(=O)OCc2ccccc2)c1F.CCCS(=O)(=O)Nc1cccc(C(=O)Cl)c1F.CCCS(=O)(=O)Nc1cccc(C(=O)O)c1F.CCCS(=O)(=O)Nc1cccc(C(=O)c2c[nH]c3ncc(Br)cc23)c1F.Nc1ccc(Cl)c(C(=O)OCc2ccccc2)c1F.Nc1ccc(Cl)cc1F. The third kappa shape index (κ3) is 43.2. The number of carboxylic acids is 2. The minimum Gasteiger partial charge on any atom is -0.478 e. The number of nitrogens with one attached hydrogen (secondary N) is 7. The highest BCUT2D eigenvalue weighted by molar-refractivity contribution is 9.10. The van der Waals surface area contributed by atoms with Crippen LogP contribution in [0.4, 0.5) is 70.5 Å². The fourth-order valence-electron chi connectivity index (χ4n) is 11.5. The van der Waals surface area contributed by atoms with Crippen LogP contribution in [0.25, 0.3) is 22.1 Å². The number of carboxylic acid groups (broad SMARTS) is 2. The van der Waals surface area contributed by atoms with Gasteiger partial charge < -0.3 is 41.1 Å². The van der Waals surface area contributed by atoms with Crippen molar-refractivity contribution in [3.8, 4) is 0 Å². The molecule has 9 aromatic carbocycles. The lowest BCUT2D eigenvalue weighted by atomic mass is 10.0. The van der Waals surface area contributed by atoms with Crippen LogP contribution in [-0.2, 0) is 72.8 Å². The number of ether oxygens (including phenoxy) is 2. The summed E-state index contributed by atoms with van der Waals surface area (Å²) in [6.07, 6.45) is 8.61. The molecule has 0 bridgehead atoms. The van der Waals surface area contributed by atoms with Crippen molar-refractivity contribution in [2.24, 2.45) is 0 Å². The van der Waals surface area contributed by atoms with Crippen LogP contribution in [0.5, 0.6) is 0 Å². The van der Waals surface area contributed by atoms with Crippen LogP contribution in [0, 0.1) is 40.7 Å². The summed E-state index contributed by atoms with van der Waals surface area (Å²) in [5.74, 6) is -12.7. The minimum atomic E-state index is -3.70. The molecule has 0 radical (unpaired) electrons. The van der Waals surface area contributed by atoms with Gasteiger partial charge in [0, 0.05) is 55.1 Å². The number of carbonyl (C=O) groups is 6. The Kier molecular flexibility index (Phi) is 60.5. The maximum absolute atomic E-state index is 14.8. The molecular weight excluding hydrogens is 2280 g/mol. The number of halogens is 14. The second-order valence-corrected chi connectivity index (χ2v) is 41.9. The molecular formula is C98H115Br2Cl5F7N11O20S5. The van der Waals surface area contributed by atoms with Crippen LogP contribution in [0.1, 0.15) is 198 Å². The number of ketones is 1. The highest BCUT2D eigenvalue weighted by atomic mass is 79.9. The van der Waals surface area contributed by atoms with Gasteiger partial charge in [0.15, 0.2) is 40.7 Å². The molecule has 0 spiro atoms. The minimum absolute atomic E-state index is 0. The molecule has 4 aromatic heterocycles. The van der Waals surface area contributed by atoms with Crippen molar-refractivity contribution >= 4 is 237 Å². The predicted octanol–water partition coefficient (Wildman–Crippen LogP) is 26.5. The van der Waals surface area contributed by atoms with E-state index in [1.165, 1.54) is 91.1 Å². The number of nitrogens with two attached hydrogens (primary N) is 2. The zero-order valence-corrected chi connectivity index (χ0v) is 85.4. The van der Waals surface area contributed by atoms with Gasteiger partial charge in [-0.15, -0.1) is 0 Å². The largest absolute Gasteiger partial charge is 0.478 e. The molecule has 13 aromatic rings. The van der Waals surface area contributed by atoms with E-state index in [-0.39, 0.29) is 165 Å². The first kappa shape index (κ1) is 138. The van der Waals surface area contributed by atoms with Crippen molar-refractivity contribution < 1.29 is 121 Å². The van der Waals surface area contributed by atoms with E-state index in [9.17, 15) is 102 Å². The molecule has 0 atom stereocenters. The summed E-state index contributed by atoms with van der Waals surface area (Å²) in [5, 5.41) is 18.0. The molecule has 0 fully saturated rings. The van der Waals surface area contributed by atoms with Crippen LogP contribution in [-0.4, -0.2) is 136 Å². The van der Waals surface area contributed by atoms with Gasteiger partial charge in [0.2, 0.25) is 50.1 Å². The first-order valence-electron chi connectivity index (χ1n) is 41.0. The molecule has 13 rings (SSSR count). The average molecular weight is 2400 g/mol. The number of nitrogens with zero attached hydrogens (tertiary/aromatic N) is 2. The van der Waals surface area contributed by atoms with Gasteiger partial charge in [-0.2, -0.15) is 0 Å². The maximum Gasteiger partial charge on any atom is 0.343 e. The van der Waals surface area contributed by atoms with Gasteiger partial charge in [-0.3, -0.25) is 33.2 Å². The van der Waals surface area contributed by atoms with Gasteiger partial charge in [-0.25, -0.2) is 102 Å². The molecule has 50 heteroatoms. The number of sulfonamides is 5. The van der Waals surface area contributed by atoms with E-state index in [2.05, 4.69) is 66.0 Å². The number of esters is 2. The van der Waals surface area contributed by atoms with E-state index in [0.717, 1.165) is 44.8 Å². The Balaban J connectivity index is 0. The lowest BCUT2D eigenvalue weighted by Crippen LogP contribution is -2.18. The van der Waals surface area contributed by atoms with E-state index < -0.39 is 148 Å². The van der Waals surface area contributed by atoms with Crippen molar-refractivity contribution in [2.45, 2.75) is 132 Å². The van der Waals surface area contributed by atoms with E-state index in [4.69, 9.17) is 89.2 Å². The summed E-state index contributed by atoms with van der Waals surface area (Å²) in [4.78, 5) is 83.3. The molecule has 148 heavy (non-hydrogen) atoms. The monoisotopic (exact) mass is 2390 g/mol. The Morgan fingerprint density at radius 1 is 0.385 bits per heavy atom. The van der Waals surface area contributed by atoms with Crippen LogP contribution in [0.2, 0.25) is 20.1 Å². The van der Waals surface area contributed by atoms with E-state index >= 15 is 0 Å².